The average molecular weight is 364 g/mol. The highest BCUT2D eigenvalue weighted by Gasteiger charge is 2.28. The number of ether oxygens (including phenoxy) is 2. The lowest BCUT2D eigenvalue weighted by Crippen LogP contribution is -2.45. The maximum atomic E-state index is 13.3. The molecule has 1 aromatic rings. The number of morpholine rings is 1. The Morgan fingerprint density at radius 2 is 1.92 bits per heavy atom. The third-order valence-corrected chi connectivity index (χ3v) is 5.37. The second-order valence-corrected chi connectivity index (χ2v) is 7.13. The molecule has 0 spiro atoms. The number of rotatable bonds is 7. The molecular weight excluding hydrogens is 332 g/mol. The molecule has 2 aliphatic rings. The zero-order valence-corrected chi connectivity index (χ0v) is 16.2. The van der Waals surface area contributed by atoms with Crippen molar-refractivity contribution >= 4 is 5.91 Å². The Labute approximate surface area is 156 Å². The molecule has 3 rings (SSSR count). The quantitative estimate of drug-likeness (QED) is 0.735. The van der Waals surface area contributed by atoms with Crippen molar-refractivity contribution in [2.75, 3.05) is 52.6 Å². The normalized spacial score (nSPS) is 19.6. The van der Waals surface area contributed by atoms with Gasteiger partial charge in [-0.15, -0.1) is 0 Å². The van der Waals surface area contributed by atoms with Gasteiger partial charge in [-0.1, -0.05) is 0 Å². The van der Waals surface area contributed by atoms with Crippen LogP contribution in [0.15, 0.2) is 6.20 Å². The van der Waals surface area contributed by atoms with Gasteiger partial charge in [-0.05, 0) is 33.1 Å². The van der Waals surface area contributed by atoms with Crippen molar-refractivity contribution in [1.29, 1.82) is 0 Å². The molecule has 0 radical (unpaired) electrons. The molecule has 0 saturated carbocycles. The maximum absolute atomic E-state index is 13.3. The summed E-state index contributed by atoms with van der Waals surface area (Å²) in [7, 11) is 0. The first-order valence-electron chi connectivity index (χ1n) is 9.92. The molecule has 2 aliphatic heterocycles. The summed E-state index contributed by atoms with van der Waals surface area (Å²) in [5.74, 6) is 0.121. The minimum atomic E-state index is 0.121. The van der Waals surface area contributed by atoms with Crippen molar-refractivity contribution in [2.45, 2.75) is 45.7 Å². The van der Waals surface area contributed by atoms with Gasteiger partial charge in [0.25, 0.3) is 5.91 Å². The molecule has 0 atom stereocenters. The number of carbonyl (C=O) groups is 1. The van der Waals surface area contributed by atoms with Crippen LogP contribution in [0.3, 0.4) is 0 Å². The Bertz CT molecular complexity index is 577. The predicted molar refractivity (Wildman–Crippen MR) is 99.4 cm³/mol. The highest BCUT2D eigenvalue weighted by molar-refractivity contribution is 5.95. The van der Waals surface area contributed by atoms with Crippen LogP contribution in [0.1, 0.15) is 42.2 Å². The van der Waals surface area contributed by atoms with Gasteiger partial charge in [0.05, 0.1) is 24.5 Å². The lowest BCUT2D eigenvalue weighted by atomic mass is 10.0. The fourth-order valence-electron chi connectivity index (χ4n) is 3.78. The zero-order chi connectivity index (χ0) is 18.4. The van der Waals surface area contributed by atoms with Crippen LogP contribution in [0.2, 0.25) is 0 Å². The molecule has 146 valence electrons. The molecule has 3 heterocycles. The highest BCUT2D eigenvalue weighted by Crippen LogP contribution is 2.19. The Kier molecular flexibility index (Phi) is 7.05. The fourth-order valence-corrected chi connectivity index (χ4v) is 3.78. The lowest BCUT2D eigenvalue weighted by molar-refractivity contribution is 0.0222. The van der Waals surface area contributed by atoms with Gasteiger partial charge in [0.15, 0.2) is 0 Å². The molecule has 0 aliphatic carbocycles. The molecular formula is C19H32N4O3. The number of hydrogen-bond donors (Lipinski definition) is 0. The zero-order valence-electron chi connectivity index (χ0n) is 16.2. The number of aryl methyl sites for hydroxylation is 2. The first-order chi connectivity index (χ1) is 12.7. The molecule has 0 bridgehead atoms. The maximum Gasteiger partial charge on any atom is 0.257 e. The summed E-state index contributed by atoms with van der Waals surface area (Å²) in [4.78, 5) is 17.8. The fraction of sp³-hybridized carbons (Fsp3) is 0.789. The van der Waals surface area contributed by atoms with Gasteiger partial charge in [0.1, 0.15) is 0 Å². The monoisotopic (exact) mass is 364 g/mol. The first-order valence-corrected chi connectivity index (χ1v) is 9.92. The third kappa shape index (κ3) is 4.84. The summed E-state index contributed by atoms with van der Waals surface area (Å²) in [6, 6.07) is 0.269. The van der Waals surface area contributed by atoms with E-state index in [0.29, 0.717) is 0 Å². The second kappa shape index (κ2) is 9.48. The van der Waals surface area contributed by atoms with E-state index in [4.69, 9.17) is 9.47 Å². The summed E-state index contributed by atoms with van der Waals surface area (Å²) in [6.45, 7) is 11.7. The van der Waals surface area contributed by atoms with E-state index in [9.17, 15) is 4.79 Å². The number of amides is 1. The summed E-state index contributed by atoms with van der Waals surface area (Å²) in [6.07, 6.45) is 4.73. The van der Waals surface area contributed by atoms with Crippen LogP contribution in [0.25, 0.3) is 0 Å². The van der Waals surface area contributed by atoms with E-state index in [-0.39, 0.29) is 11.9 Å². The summed E-state index contributed by atoms with van der Waals surface area (Å²) in [5, 5.41) is 4.45. The highest BCUT2D eigenvalue weighted by atomic mass is 16.5. The molecule has 1 aromatic heterocycles. The van der Waals surface area contributed by atoms with Crippen molar-refractivity contribution in [1.82, 2.24) is 19.6 Å². The average Bonchev–Trinajstić information content (AvgIpc) is 3.07. The van der Waals surface area contributed by atoms with Gasteiger partial charge in [0, 0.05) is 58.2 Å². The van der Waals surface area contributed by atoms with Gasteiger partial charge in [-0.25, -0.2) is 0 Å². The second-order valence-electron chi connectivity index (χ2n) is 7.13. The van der Waals surface area contributed by atoms with Crippen molar-refractivity contribution in [3.05, 3.63) is 17.5 Å². The van der Waals surface area contributed by atoms with Gasteiger partial charge in [-0.2, -0.15) is 5.10 Å². The van der Waals surface area contributed by atoms with Crippen LogP contribution in [-0.2, 0) is 16.0 Å². The SMILES string of the molecule is CCn1cc(C(=O)N(CCCN2CCOCC2)C2CCOCC2)c(C)n1. The minimum Gasteiger partial charge on any atom is -0.381 e. The molecule has 26 heavy (non-hydrogen) atoms. The molecule has 2 saturated heterocycles. The molecule has 0 N–H and O–H groups in total. The van der Waals surface area contributed by atoms with E-state index < -0.39 is 0 Å². The topological polar surface area (TPSA) is 59.8 Å². The van der Waals surface area contributed by atoms with Crippen LogP contribution in [0.4, 0.5) is 0 Å². The molecule has 0 aromatic carbocycles. The Morgan fingerprint density at radius 1 is 1.23 bits per heavy atom. The summed E-state index contributed by atoms with van der Waals surface area (Å²) in [5.41, 5.74) is 1.56. The van der Waals surface area contributed by atoms with Crippen molar-refractivity contribution in [3.63, 3.8) is 0 Å². The van der Waals surface area contributed by atoms with Crippen LogP contribution >= 0.6 is 0 Å². The smallest absolute Gasteiger partial charge is 0.257 e. The van der Waals surface area contributed by atoms with Gasteiger partial charge < -0.3 is 14.4 Å². The van der Waals surface area contributed by atoms with E-state index in [1.807, 2.05) is 24.7 Å². The standard InChI is InChI=1S/C19H32N4O3/c1-3-22-15-18(16(2)20-22)19(24)23(17-5-11-25-12-6-17)8-4-7-21-9-13-26-14-10-21/h15,17H,3-14H2,1-2H3. The summed E-state index contributed by atoms with van der Waals surface area (Å²) >= 11 is 0. The molecule has 1 amide bonds. The molecule has 7 heteroatoms. The number of aromatic nitrogens is 2. The third-order valence-electron chi connectivity index (χ3n) is 5.37. The van der Waals surface area contributed by atoms with Crippen LogP contribution in [-0.4, -0.2) is 84.1 Å². The van der Waals surface area contributed by atoms with E-state index in [2.05, 4.69) is 14.9 Å². The number of nitrogens with zero attached hydrogens (tertiary/aromatic N) is 4. The Hall–Kier alpha value is -1.44. The van der Waals surface area contributed by atoms with Crippen molar-refractivity contribution < 1.29 is 14.3 Å². The van der Waals surface area contributed by atoms with Gasteiger partial charge in [-0.3, -0.25) is 14.4 Å². The molecule has 7 nitrogen and oxygen atoms in total. The van der Waals surface area contributed by atoms with Crippen molar-refractivity contribution in [3.8, 4) is 0 Å². The van der Waals surface area contributed by atoms with Crippen LogP contribution in [0, 0.1) is 6.92 Å². The Balaban J connectivity index is 1.65. The van der Waals surface area contributed by atoms with Crippen molar-refractivity contribution in [2.24, 2.45) is 0 Å². The van der Waals surface area contributed by atoms with E-state index in [0.717, 1.165) is 89.7 Å². The number of carbonyl (C=O) groups excluding carboxylic acids is 1. The first kappa shape index (κ1) is 19.3. The predicted octanol–water partition coefficient (Wildman–Crippen LogP) is 1.55. The largest absolute Gasteiger partial charge is 0.381 e. The summed E-state index contributed by atoms with van der Waals surface area (Å²) < 4.78 is 12.8. The van der Waals surface area contributed by atoms with Crippen LogP contribution < -0.4 is 0 Å². The van der Waals surface area contributed by atoms with E-state index in [1.54, 1.807) is 0 Å². The van der Waals surface area contributed by atoms with E-state index in [1.165, 1.54) is 0 Å². The molecule has 2 fully saturated rings. The molecule has 0 unspecified atom stereocenters. The van der Waals surface area contributed by atoms with Gasteiger partial charge in [0.2, 0.25) is 0 Å². The lowest BCUT2D eigenvalue weighted by Gasteiger charge is -2.35. The van der Waals surface area contributed by atoms with Gasteiger partial charge >= 0.3 is 0 Å². The minimum absolute atomic E-state index is 0.121. The number of hydrogen-bond acceptors (Lipinski definition) is 5. The van der Waals surface area contributed by atoms with Crippen LogP contribution in [0.5, 0.6) is 0 Å². The Morgan fingerprint density at radius 3 is 2.58 bits per heavy atom. The van der Waals surface area contributed by atoms with E-state index >= 15 is 0 Å².